The third-order valence-electron chi connectivity index (χ3n) is 4.12. The van der Waals surface area contributed by atoms with Gasteiger partial charge in [-0.25, -0.2) is 0 Å². The molecule has 0 saturated heterocycles. The zero-order chi connectivity index (χ0) is 18.7. The van der Waals surface area contributed by atoms with E-state index in [1.165, 1.54) is 5.56 Å². The standard InChI is InChI=1S/C20H21BrN4S/c1-13-7-9-17(10-8-13)22-20(26)23-18-6-4-5-16(11-18)12-25-15(3)19(21)14(2)24-25/h4-11H,12H2,1-3H3,(H2,22,23,26). The minimum Gasteiger partial charge on any atom is -0.332 e. The SMILES string of the molecule is Cc1ccc(NC(=S)Nc2cccc(Cn3nc(C)c(Br)c3C)c2)cc1. The molecule has 3 aromatic rings. The van der Waals surface area contributed by atoms with E-state index >= 15 is 0 Å². The number of aryl methyl sites for hydroxylation is 2. The van der Waals surface area contributed by atoms with E-state index < -0.39 is 0 Å². The van der Waals surface area contributed by atoms with Gasteiger partial charge in [0.2, 0.25) is 0 Å². The molecular formula is C20H21BrN4S. The second-order valence-corrected chi connectivity index (χ2v) is 7.49. The first-order valence-electron chi connectivity index (χ1n) is 8.35. The van der Waals surface area contributed by atoms with E-state index in [9.17, 15) is 0 Å². The molecule has 6 heteroatoms. The largest absolute Gasteiger partial charge is 0.332 e. The van der Waals surface area contributed by atoms with Gasteiger partial charge in [-0.3, -0.25) is 4.68 Å². The molecular weight excluding hydrogens is 408 g/mol. The summed E-state index contributed by atoms with van der Waals surface area (Å²) in [5, 5.41) is 11.6. The average Bonchev–Trinajstić information content (AvgIpc) is 2.84. The minimum atomic E-state index is 0.569. The van der Waals surface area contributed by atoms with Crippen LogP contribution in [0.25, 0.3) is 0 Å². The Balaban J connectivity index is 1.67. The van der Waals surface area contributed by atoms with Gasteiger partial charge in [-0.2, -0.15) is 5.10 Å². The molecule has 26 heavy (non-hydrogen) atoms. The zero-order valence-electron chi connectivity index (χ0n) is 15.0. The molecule has 2 N–H and O–H groups in total. The zero-order valence-corrected chi connectivity index (χ0v) is 17.4. The van der Waals surface area contributed by atoms with Crippen LogP contribution in [0, 0.1) is 20.8 Å². The van der Waals surface area contributed by atoms with Crippen molar-refractivity contribution in [3.63, 3.8) is 0 Å². The number of anilines is 2. The van der Waals surface area contributed by atoms with Gasteiger partial charge in [-0.15, -0.1) is 0 Å². The van der Waals surface area contributed by atoms with Crippen molar-refractivity contribution in [2.24, 2.45) is 0 Å². The van der Waals surface area contributed by atoms with Crippen molar-refractivity contribution in [3.05, 3.63) is 75.5 Å². The van der Waals surface area contributed by atoms with Crippen molar-refractivity contribution in [1.29, 1.82) is 0 Å². The fourth-order valence-corrected chi connectivity index (χ4v) is 3.20. The topological polar surface area (TPSA) is 41.9 Å². The third-order valence-corrected chi connectivity index (χ3v) is 5.47. The summed E-state index contributed by atoms with van der Waals surface area (Å²) in [6, 6.07) is 16.3. The highest BCUT2D eigenvalue weighted by atomic mass is 79.9. The number of rotatable bonds is 4. The average molecular weight is 429 g/mol. The Morgan fingerprint density at radius 2 is 1.73 bits per heavy atom. The monoisotopic (exact) mass is 428 g/mol. The maximum Gasteiger partial charge on any atom is 0.175 e. The first-order valence-corrected chi connectivity index (χ1v) is 9.55. The summed E-state index contributed by atoms with van der Waals surface area (Å²) in [4.78, 5) is 0. The van der Waals surface area contributed by atoms with Crippen LogP contribution in [0.3, 0.4) is 0 Å². The summed E-state index contributed by atoms with van der Waals surface area (Å²) in [6.45, 7) is 6.84. The number of nitrogens with one attached hydrogen (secondary N) is 2. The maximum atomic E-state index is 5.42. The Bertz CT molecular complexity index is 931. The van der Waals surface area contributed by atoms with E-state index in [0.29, 0.717) is 11.7 Å². The highest BCUT2D eigenvalue weighted by Crippen LogP contribution is 2.21. The van der Waals surface area contributed by atoms with Gasteiger partial charge in [0.05, 0.1) is 22.4 Å². The Morgan fingerprint density at radius 3 is 2.38 bits per heavy atom. The van der Waals surface area contributed by atoms with E-state index in [-0.39, 0.29) is 0 Å². The lowest BCUT2D eigenvalue weighted by Crippen LogP contribution is -2.19. The number of hydrogen-bond donors (Lipinski definition) is 2. The van der Waals surface area contributed by atoms with Crippen molar-refractivity contribution < 1.29 is 0 Å². The molecule has 0 bridgehead atoms. The molecule has 0 radical (unpaired) electrons. The lowest BCUT2D eigenvalue weighted by Gasteiger charge is -2.12. The van der Waals surface area contributed by atoms with E-state index in [4.69, 9.17) is 12.2 Å². The van der Waals surface area contributed by atoms with Crippen LogP contribution in [0.4, 0.5) is 11.4 Å². The van der Waals surface area contributed by atoms with Gasteiger partial charge in [0.15, 0.2) is 5.11 Å². The molecule has 1 aromatic heterocycles. The molecule has 0 aliphatic carbocycles. The summed E-state index contributed by atoms with van der Waals surface area (Å²) >= 11 is 8.99. The van der Waals surface area contributed by atoms with Crippen molar-refractivity contribution >= 4 is 44.6 Å². The van der Waals surface area contributed by atoms with Crippen LogP contribution in [0.15, 0.2) is 53.0 Å². The fourth-order valence-electron chi connectivity index (χ4n) is 2.68. The Morgan fingerprint density at radius 1 is 1.04 bits per heavy atom. The Labute approximate surface area is 167 Å². The second-order valence-electron chi connectivity index (χ2n) is 6.29. The van der Waals surface area contributed by atoms with Crippen LogP contribution in [0.5, 0.6) is 0 Å². The van der Waals surface area contributed by atoms with E-state index in [1.807, 2.05) is 35.9 Å². The molecule has 134 valence electrons. The lowest BCUT2D eigenvalue weighted by molar-refractivity contribution is 0.659. The molecule has 0 aliphatic heterocycles. The molecule has 0 unspecified atom stereocenters. The highest BCUT2D eigenvalue weighted by Gasteiger charge is 2.09. The number of hydrogen-bond acceptors (Lipinski definition) is 2. The van der Waals surface area contributed by atoms with Gasteiger partial charge in [0.1, 0.15) is 0 Å². The van der Waals surface area contributed by atoms with Crippen molar-refractivity contribution in [2.45, 2.75) is 27.3 Å². The van der Waals surface area contributed by atoms with E-state index in [2.05, 4.69) is 69.8 Å². The smallest absolute Gasteiger partial charge is 0.175 e. The number of benzene rings is 2. The second kappa shape index (κ2) is 8.01. The molecule has 0 aliphatic rings. The number of thiocarbonyl (C=S) groups is 1. The molecule has 0 amide bonds. The summed E-state index contributed by atoms with van der Waals surface area (Å²) in [5.41, 5.74) is 6.42. The minimum absolute atomic E-state index is 0.569. The quantitative estimate of drug-likeness (QED) is 0.543. The molecule has 1 heterocycles. The molecule has 0 spiro atoms. The van der Waals surface area contributed by atoms with Gasteiger partial charge >= 0.3 is 0 Å². The van der Waals surface area contributed by atoms with Gasteiger partial charge in [-0.05, 0) is 78.7 Å². The molecule has 0 fully saturated rings. The lowest BCUT2D eigenvalue weighted by atomic mass is 10.2. The van der Waals surface area contributed by atoms with Gasteiger partial charge in [-0.1, -0.05) is 29.8 Å². The maximum absolute atomic E-state index is 5.42. The summed E-state index contributed by atoms with van der Waals surface area (Å²) < 4.78 is 3.07. The number of halogens is 1. The Kier molecular flexibility index (Phi) is 5.74. The van der Waals surface area contributed by atoms with Crippen molar-refractivity contribution in [3.8, 4) is 0 Å². The molecule has 2 aromatic carbocycles. The Hall–Kier alpha value is -2.18. The van der Waals surface area contributed by atoms with Crippen LogP contribution < -0.4 is 10.6 Å². The highest BCUT2D eigenvalue weighted by molar-refractivity contribution is 9.10. The predicted molar refractivity (Wildman–Crippen MR) is 116 cm³/mol. The molecule has 3 rings (SSSR count). The van der Waals surface area contributed by atoms with Crippen LogP contribution >= 0.6 is 28.1 Å². The molecule has 0 atom stereocenters. The van der Waals surface area contributed by atoms with Crippen LogP contribution in [-0.2, 0) is 6.54 Å². The number of aromatic nitrogens is 2. The van der Waals surface area contributed by atoms with Gasteiger partial charge < -0.3 is 10.6 Å². The van der Waals surface area contributed by atoms with Crippen molar-refractivity contribution in [1.82, 2.24) is 9.78 Å². The van der Waals surface area contributed by atoms with E-state index in [1.54, 1.807) is 0 Å². The third kappa shape index (κ3) is 4.51. The molecule has 4 nitrogen and oxygen atoms in total. The van der Waals surface area contributed by atoms with Crippen molar-refractivity contribution in [2.75, 3.05) is 10.6 Å². The number of nitrogens with zero attached hydrogens (tertiary/aromatic N) is 2. The first kappa shape index (κ1) is 18.6. The summed E-state index contributed by atoms with van der Waals surface area (Å²) in [7, 11) is 0. The first-order chi connectivity index (χ1) is 12.4. The molecule has 0 saturated carbocycles. The van der Waals surface area contributed by atoms with Crippen LogP contribution in [-0.4, -0.2) is 14.9 Å². The summed E-state index contributed by atoms with van der Waals surface area (Å²) in [6.07, 6.45) is 0. The van der Waals surface area contributed by atoms with E-state index in [0.717, 1.165) is 32.8 Å². The van der Waals surface area contributed by atoms with Crippen LogP contribution in [0.1, 0.15) is 22.5 Å². The van der Waals surface area contributed by atoms with Crippen LogP contribution in [0.2, 0.25) is 0 Å². The fraction of sp³-hybridized carbons (Fsp3) is 0.200. The van der Waals surface area contributed by atoms with Gasteiger partial charge in [0.25, 0.3) is 0 Å². The predicted octanol–water partition coefficient (Wildman–Crippen LogP) is 5.43. The normalized spacial score (nSPS) is 10.6. The summed E-state index contributed by atoms with van der Waals surface area (Å²) in [5.74, 6) is 0. The van der Waals surface area contributed by atoms with Gasteiger partial charge in [0, 0.05) is 11.4 Å².